The van der Waals surface area contributed by atoms with Gasteiger partial charge in [-0.05, 0) is 61.7 Å². The molecule has 3 rings (SSSR count). The number of carbonyl (C=O) groups is 1. The van der Waals surface area contributed by atoms with E-state index in [2.05, 4.69) is 15.4 Å². The van der Waals surface area contributed by atoms with Crippen LogP contribution in [0.3, 0.4) is 0 Å². The Hall–Kier alpha value is -2.72. The number of nitrogens with zero attached hydrogens (tertiary/aromatic N) is 1. The number of hydrogen-bond acceptors (Lipinski definition) is 5. The van der Waals surface area contributed by atoms with Crippen molar-refractivity contribution in [2.75, 3.05) is 30.3 Å². The van der Waals surface area contributed by atoms with E-state index in [9.17, 15) is 22.0 Å². The summed E-state index contributed by atoms with van der Waals surface area (Å²) in [7, 11) is -3.61. The highest BCUT2D eigenvalue weighted by molar-refractivity contribution is 7.89. The number of anilines is 2. The number of carbonyl (C=O) groups excluding carboxylic acids is 1. The van der Waals surface area contributed by atoms with E-state index in [1.165, 1.54) is 24.3 Å². The first kappa shape index (κ1) is 23.9. The largest absolute Gasteiger partial charge is 0.435 e. The lowest BCUT2D eigenvalue weighted by Crippen LogP contribution is -2.32. The third kappa shape index (κ3) is 6.39. The lowest BCUT2D eigenvalue weighted by molar-refractivity contribution is -0.114. The van der Waals surface area contributed by atoms with E-state index in [4.69, 9.17) is 0 Å². The van der Waals surface area contributed by atoms with E-state index in [0.29, 0.717) is 30.0 Å². The monoisotopic (exact) mass is 467 g/mol. The Bertz CT molecular complexity index is 1020. The van der Waals surface area contributed by atoms with Crippen LogP contribution in [0.2, 0.25) is 0 Å². The Morgan fingerprint density at radius 1 is 1.03 bits per heavy atom. The highest BCUT2D eigenvalue weighted by atomic mass is 32.2. The predicted octanol–water partition coefficient (Wildman–Crippen LogP) is 4.21. The molecule has 1 amide bonds. The number of rotatable bonds is 8. The van der Waals surface area contributed by atoms with Crippen LogP contribution in [-0.4, -0.2) is 44.9 Å². The van der Waals surface area contributed by atoms with Gasteiger partial charge in [-0.25, -0.2) is 8.42 Å². The SMILES string of the molecule is Cc1ccc(NCC(=O)Nc2ccc(OC(F)F)cc2)cc1S(=O)(=O)N1CCCCCC1. The molecule has 2 aromatic rings. The Kier molecular flexibility index (Phi) is 8.03. The first-order chi connectivity index (χ1) is 15.3. The fraction of sp³-hybridized carbons (Fsp3) is 0.409. The molecule has 0 bridgehead atoms. The first-order valence-corrected chi connectivity index (χ1v) is 11.9. The maximum atomic E-state index is 13.1. The van der Waals surface area contributed by atoms with Crippen molar-refractivity contribution in [3.63, 3.8) is 0 Å². The summed E-state index contributed by atoms with van der Waals surface area (Å²) in [4.78, 5) is 12.5. The molecule has 32 heavy (non-hydrogen) atoms. The standard InChI is InChI=1S/C22H27F2N3O4S/c1-16-6-7-18(14-20(16)32(29,30)27-12-4-2-3-5-13-27)25-15-21(28)26-17-8-10-19(11-9-17)31-22(23)24/h6-11,14,22,25H,2-5,12-13,15H2,1H3,(H,26,28). The van der Waals surface area contributed by atoms with Crippen molar-refractivity contribution in [2.45, 2.75) is 44.1 Å². The van der Waals surface area contributed by atoms with E-state index >= 15 is 0 Å². The molecule has 2 N–H and O–H groups in total. The normalized spacial score (nSPS) is 15.2. The van der Waals surface area contributed by atoms with Crippen molar-refractivity contribution in [1.29, 1.82) is 0 Å². The van der Waals surface area contributed by atoms with Crippen LogP contribution >= 0.6 is 0 Å². The second-order valence-corrected chi connectivity index (χ2v) is 9.51. The van der Waals surface area contributed by atoms with Gasteiger partial charge in [0.2, 0.25) is 15.9 Å². The number of sulfonamides is 1. The van der Waals surface area contributed by atoms with Gasteiger partial charge in [-0.3, -0.25) is 4.79 Å². The molecule has 1 saturated heterocycles. The lowest BCUT2D eigenvalue weighted by Gasteiger charge is -2.21. The second-order valence-electron chi connectivity index (χ2n) is 7.60. The van der Waals surface area contributed by atoms with Crippen LogP contribution in [0.15, 0.2) is 47.4 Å². The molecule has 0 spiro atoms. The zero-order valence-electron chi connectivity index (χ0n) is 17.8. The van der Waals surface area contributed by atoms with Crippen LogP contribution < -0.4 is 15.4 Å². The van der Waals surface area contributed by atoms with Gasteiger partial charge in [-0.2, -0.15) is 13.1 Å². The quantitative estimate of drug-likeness (QED) is 0.607. The average Bonchev–Trinajstić information content (AvgIpc) is 3.04. The van der Waals surface area contributed by atoms with Gasteiger partial charge in [0.15, 0.2) is 0 Å². The zero-order chi connectivity index (χ0) is 23.1. The number of alkyl halides is 2. The molecular weight excluding hydrogens is 440 g/mol. The topological polar surface area (TPSA) is 87.7 Å². The summed E-state index contributed by atoms with van der Waals surface area (Å²) >= 11 is 0. The lowest BCUT2D eigenvalue weighted by atomic mass is 10.2. The maximum absolute atomic E-state index is 13.1. The van der Waals surface area contributed by atoms with Crippen molar-refractivity contribution < 1.29 is 26.7 Å². The highest BCUT2D eigenvalue weighted by Gasteiger charge is 2.26. The fourth-order valence-corrected chi connectivity index (χ4v) is 5.28. The molecule has 0 atom stereocenters. The van der Waals surface area contributed by atoms with E-state index < -0.39 is 16.6 Å². The summed E-state index contributed by atoms with van der Waals surface area (Å²) in [5, 5.41) is 5.57. The highest BCUT2D eigenvalue weighted by Crippen LogP contribution is 2.26. The van der Waals surface area contributed by atoms with Crippen LogP contribution in [0.5, 0.6) is 5.75 Å². The second kappa shape index (κ2) is 10.7. The molecule has 1 aliphatic rings. The van der Waals surface area contributed by atoms with Gasteiger partial charge in [0.05, 0.1) is 11.4 Å². The molecule has 0 radical (unpaired) electrons. The molecule has 1 fully saturated rings. The molecule has 7 nitrogen and oxygen atoms in total. The molecule has 0 saturated carbocycles. The van der Waals surface area contributed by atoms with Crippen molar-refractivity contribution in [3.8, 4) is 5.75 Å². The van der Waals surface area contributed by atoms with Crippen LogP contribution in [0.1, 0.15) is 31.2 Å². The predicted molar refractivity (Wildman–Crippen MR) is 119 cm³/mol. The minimum atomic E-state index is -3.61. The van der Waals surface area contributed by atoms with Gasteiger partial charge in [0, 0.05) is 24.5 Å². The van der Waals surface area contributed by atoms with Gasteiger partial charge >= 0.3 is 6.61 Å². The summed E-state index contributed by atoms with van der Waals surface area (Å²) < 4.78 is 56.5. The molecule has 10 heteroatoms. The maximum Gasteiger partial charge on any atom is 0.387 e. The molecule has 0 aromatic heterocycles. The number of ether oxygens (including phenoxy) is 1. The van der Waals surface area contributed by atoms with E-state index in [0.717, 1.165) is 25.7 Å². The summed E-state index contributed by atoms with van der Waals surface area (Å²) in [6, 6.07) is 10.6. The first-order valence-electron chi connectivity index (χ1n) is 10.4. The van der Waals surface area contributed by atoms with Crippen molar-refractivity contribution in [2.24, 2.45) is 0 Å². The average molecular weight is 468 g/mol. The smallest absolute Gasteiger partial charge is 0.387 e. The number of aryl methyl sites for hydroxylation is 1. The van der Waals surface area contributed by atoms with Crippen molar-refractivity contribution in [3.05, 3.63) is 48.0 Å². The Labute approximate surface area is 186 Å². The number of hydrogen-bond donors (Lipinski definition) is 2. The number of nitrogens with one attached hydrogen (secondary N) is 2. The van der Waals surface area contributed by atoms with Crippen LogP contribution in [0.25, 0.3) is 0 Å². The third-order valence-corrected chi connectivity index (χ3v) is 7.23. The summed E-state index contributed by atoms with van der Waals surface area (Å²) in [6.45, 7) is -0.224. The zero-order valence-corrected chi connectivity index (χ0v) is 18.6. The van der Waals surface area contributed by atoms with E-state index in [-0.39, 0.29) is 23.1 Å². The summed E-state index contributed by atoms with van der Waals surface area (Å²) in [5.74, 6) is -0.376. The van der Waals surface area contributed by atoms with Crippen LogP contribution in [0.4, 0.5) is 20.2 Å². The Morgan fingerprint density at radius 2 is 1.66 bits per heavy atom. The molecular formula is C22H27F2N3O4S. The minimum Gasteiger partial charge on any atom is -0.435 e. The van der Waals surface area contributed by atoms with Gasteiger partial charge < -0.3 is 15.4 Å². The van der Waals surface area contributed by atoms with Crippen molar-refractivity contribution >= 4 is 27.3 Å². The molecule has 1 aliphatic heterocycles. The summed E-state index contributed by atoms with van der Waals surface area (Å²) in [5.41, 5.74) is 1.59. The van der Waals surface area contributed by atoms with Crippen LogP contribution in [-0.2, 0) is 14.8 Å². The molecule has 0 unspecified atom stereocenters. The fourth-order valence-electron chi connectivity index (χ4n) is 3.52. The summed E-state index contributed by atoms with van der Waals surface area (Å²) in [6.07, 6.45) is 3.77. The molecule has 1 heterocycles. The van der Waals surface area contributed by atoms with Gasteiger partial charge in [0.1, 0.15) is 5.75 Å². The van der Waals surface area contributed by atoms with Gasteiger partial charge in [-0.1, -0.05) is 18.9 Å². The van der Waals surface area contributed by atoms with E-state index in [1.54, 1.807) is 29.4 Å². The van der Waals surface area contributed by atoms with Crippen LogP contribution in [0, 0.1) is 6.92 Å². The number of halogens is 2. The van der Waals surface area contributed by atoms with Gasteiger partial charge in [0.25, 0.3) is 0 Å². The number of amides is 1. The van der Waals surface area contributed by atoms with Crippen molar-refractivity contribution in [1.82, 2.24) is 4.31 Å². The molecule has 174 valence electrons. The Morgan fingerprint density at radius 3 is 2.28 bits per heavy atom. The van der Waals surface area contributed by atoms with E-state index in [1.807, 2.05) is 0 Å². The van der Waals surface area contributed by atoms with Gasteiger partial charge in [-0.15, -0.1) is 0 Å². The third-order valence-electron chi connectivity index (χ3n) is 5.19. The minimum absolute atomic E-state index is 0.00562. The Balaban J connectivity index is 1.62. The number of benzene rings is 2. The molecule has 0 aliphatic carbocycles. The molecule has 2 aromatic carbocycles.